The third kappa shape index (κ3) is 2.24. The molecule has 0 radical (unpaired) electrons. The number of hydrogen-bond acceptors (Lipinski definition) is 2. The molecule has 1 aromatic rings. The predicted octanol–water partition coefficient (Wildman–Crippen LogP) is 2.46. The van der Waals surface area contributed by atoms with Crippen LogP contribution in [0, 0.1) is 6.92 Å². The lowest BCUT2D eigenvalue weighted by molar-refractivity contribution is -0.165. The zero-order valence-electron chi connectivity index (χ0n) is 8.93. The highest BCUT2D eigenvalue weighted by Crippen LogP contribution is 2.30. The van der Waals surface area contributed by atoms with Crippen molar-refractivity contribution in [2.75, 3.05) is 0 Å². The van der Waals surface area contributed by atoms with Gasteiger partial charge >= 0.3 is 6.18 Å². The summed E-state index contributed by atoms with van der Waals surface area (Å²) >= 11 is 0. The van der Waals surface area contributed by atoms with Gasteiger partial charge in [-0.05, 0) is 13.8 Å². The molecule has 0 spiro atoms. The first-order chi connectivity index (χ1) is 7.16. The van der Waals surface area contributed by atoms with E-state index in [0.717, 1.165) is 5.56 Å². The van der Waals surface area contributed by atoms with E-state index in [-0.39, 0.29) is 5.56 Å². The molecule has 0 heterocycles. The SMILES string of the molecule is Cc1ccc(C(=O)C(C)(N)C(F)(F)F)cc1. The van der Waals surface area contributed by atoms with Gasteiger partial charge in [-0.3, -0.25) is 4.79 Å². The topological polar surface area (TPSA) is 43.1 Å². The zero-order chi connectivity index (χ0) is 12.6. The average molecular weight is 231 g/mol. The Morgan fingerprint density at radius 1 is 1.19 bits per heavy atom. The number of nitrogens with two attached hydrogens (primary N) is 1. The van der Waals surface area contributed by atoms with Crippen LogP contribution in [-0.2, 0) is 0 Å². The molecular formula is C11H12F3NO. The fourth-order valence-corrected chi connectivity index (χ4v) is 1.13. The summed E-state index contributed by atoms with van der Waals surface area (Å²) in [5.74, 6) is -1.13. The minimum absolute atomic E-state index is 0.0343. The van der Waals surface area contributed by atoms with Gasteiger partial charge in [0.25, 0.3) is 0 Å². The second-order valence-corrected chi connectivity index (χ2v) is 3.90. The molecular weight excluding hydrogens is 219 g/mol. The van der Waals surface area contributed by atoms with E-state index in [0.29, 0.717) is 6.92 Å². The maximum absolute atomic E-state index is 12.5. The van der Waals surface area contributed by atoms with Crippen LogP contribution in [0.5, 0.6) is 0 Å². The van der Waals surface area contributed by atoms with Gasteiger partial charge in [0.1, 0.15) is 0 Å². The Hall–Kier alpha value is -1.36. The van der Waals surface area contributed by atoms with Crippen LogP contribution in [0.25, 0.3) is 0 Å². The number of alkyl halides is 3. The van der Waals surface area contributed by atoms with Crippen LogP contribution < -0.4 is 5.73 Å². The number of hydrogen-bond donors (Lipinski definition) is 1. The lowest BCUT2D eigenvalue weighted by atomic mass is 9.91. The number of halogens is 3. The van der Waals surface area contributed by atoms with Crippen LogP contribution in [0.1, 0.15) is 22.8 Å². The van der Waals surface area contributed by atoms with Gasteiger partial charge in [0.15, 0.2) is 11.3 Å². The van der Waals surface area contributed by atoms with E-state index >= 15 is 0 Å². The molecule has 0 aliphatic rings. The van der Waals surface area contributed by atoms with Gasteiger partial charge < -0.3 is 5.73 Å². The molecule has 16 heavy (non-hydrogen) atoms. The Balaban J connectivity index is 3.07. The van der Waals surface area contributed by atoms with E-state index in [1.807, 2.05) is 0 Å². The molecule has 0 aliphatic carbocycles. The molecule has 0 amide bonds. The molecule has 0 aromatic heterocycles. The predicted molar refractivity (Wildman–Crippen MR) is 54.2 cm³/mol. The lowest BCUT2D eigenvalue weighted by Gasteiger charge is -2.25. The molecule has 88 valence electrons. The van der Waals surface area contributed by atoms with Crippen molar-refractivity contribution in [1.29, 1.82) is 0 Å². The second-order valence-electron chi connectivity index (χ2n) is 3.90. The number of carbonyl (C=O) groups excluding carboxylic acids is 1. The maximum atomic E-state index is 12.5. The molecule has 0 aliphatic heterocycles. The second kappa shape index (κ2) is 3.90. The third-order valence-corrected chi connectivity index (χ3v) is 2.37. The summed E-state index contributed by atoms with van der Waals surface area (Å²) in [5.41, 5.74) is 3.02. The molecule has 1 aromatic carbocycles. The van der Waals surface area contributed by atoms with Crippen molar-refractivity contribution in [3.05, 3.63) is 35.4 Å². The average Bonchev–Trinajstić information content (AvgIpc) is 2.16. The van der Waals surface area contributed by atoms with Crippen molar-refractivity contribution in [2.24, 2.45) is 5.73 Å². The quantitative estimate of drug-likeness (QED) is 0.794. The first-order valence-electron chi connectivity index (χ1n) is 4.63. The Labute approximate surface area is 91.3 Å². The Morgan fingerprint density at radius 2 is 1.62 bits per heavy atom. The van der Waals surface area contributed by atoms with Crippen molar-refractivity contribution in [2.45, 2.75) is 25.6 Å². The fraction of sp³-hybridized carbons (Fsp3) is 0.364. The minimum atomic E-state index is -4.75. The molecule has 2 N–H and O–H groups in total. The van der Waals surface area contributed by atoms with E-state index in [1.54, 1.807) is 19.1 Å². The smallest absolute Gasteiger partial charge is 0.311 e. The normalized spacial score (nSPS) is 15.6. The lowest BCUT2D eigenvalue weighted by Crippen LogP contribution is -2.57. The number of Topliss-reactive ketones (excluding diaryl/α,β-unsaturated/α-hetero) is 1. The fourth-order valence-electron chi connectivity index (χ4n) is 1.13. The van der Waals surface area contributed by atoms with Gasteiger partial charge in [-0.15, -0.1) is 0 Å². The summed E-state index contributed by atoms with van der Waals surface area (Å²) in [6.07, 6.45) is -4.75. The molecule has 2 nitrogen and oxygen atoms in total. The monoisotopic (exact) mass is 231 g/mol. The summed E-state index contributed by atoms with van der Waals surface area (Å²) in [5, 5.41) is 0. The Kier molecular flexibility index (Phi) is 3.10. The molecule has 1 rings (SSSR count). The van der Waals surface area contributed by atoms with Crippen molar-refractivity contribution in [3.8, 4) is 0 Å². The highest BCUT2D eigenvalue weighted by molar-refractivity contribution is 6.03. The van der Waals surface area contributed by atoms with Crippen molar-refractivity contribution in [3.63, 3.8) is 0 Å². The molecule has 0 fully saturated rings. The van der Waals surface area contributed by atoms with Crippen LogP contribution in [0.4, 0.5) is 13.2 Å². The first kappa shape index (κ1) is 12.7. The number of benzene rings is 1. The van der Waals surface area contributed by atoms with Gasteiger partial charge in [-0.2, -0.15) is 13.2 Å². The van der Waals surface area contributed by atoms with Gasteiger partial charge in [0, 0.05) is 5.56 Å². The summed E-state index contributed by atoms with van der Waals surface area (Å²) in [6, 6.07) is 5.82. The Bertz CT molecular complexity index is 393. The standard InChI is InChI=1S/C11H12F3NO/c1-7-3-5-8(6-4-7)9(16)10(2,15)11(12,13)14/h3-6H,15H2,1-2H3. The summed E-state index contributed by atoms with van der Waals surface area (Å²) in [7, 11) is 0. The molecule has 0 bridgehead atoms. The summed E-state index contributed by atoms with van der Waals surface area (Å²) < 4.78 is 37.5. The zero-order valence-corrected chi connectivity index (χ0v) is 8.93. The molecule has 5 heteroatoms. The molecule has 1 atom stereocenters. The molecule has 0 saturated heterocycles. The van der Waals surface area contributed by atoms with Gasteiger partial charge in [0.05, 0.1) is 0 Å². The van der Waals surface area contributed by atoms with Crippen LogP contribution in [-0.4, -0.2) is 17.5 Å². The van der Waals surface area contributed by atoms with E-state index in [4.69, 9.17) is 5.73 Å². The first-order valence-corrected chi connectivity index (χ1v) is 4.63. The minimum Gasteiger partial charge on any atom is -0.311 e. The van der Waals surface area contributed by atoms with Crippen molar-refractivity contribution >= 4 is 5.78 Å². The highest BCUT2D eigenvalue weighted by atomic mass is 19.4. The van der Waals surface area contributed by atoms with Crippen molar-refractivity contribution < 1.29 is 18.0 Å². The maximum Gasteiger partial charge on any atom is 0.413 e. The van der Waals surface area contributed by atoms with Crippen LogP contribution in [0.3, 0.4) is 0 Å². The number of rotatable bonds is 2. The highest BCUT2D eigenvalue weighted by Gasteiger charge is 2.53. The van der Waals surface area contributed by atoms with Crippen LogP contribution in [0.15, 0.2) is 24.3 Å². The largest absolute Gasteiger partial charge is 0.413 e. The van der Waals surface area contributed by atoms with Crippen LogP contribution >= 0.6 is 0 Å². The molecule has 0 saturated carbocycles. The Morgan fingerprint density at radius 3 is 2.00 bits per heavy atom. The van der Waals surface area contributed by atoms with Crippen molar-refractivity contribution in [1.82, 2.24) is 0 Å². The van der Waals surface area contributed by atoms with E-state index in [2.05, 4.69) is 0 Å². The number of ketones is 1. The van der Waals surface area contributed by atoms with Gasteiger partial charge in [-0.25, -0.2) is 0 Å². The van der Waals surface area contributed by atoms with Gasteiger partial charge in [-0.1, -0.05) is 29.8 Å². The van der Waals surface area contributed by atoms with E-state index in [9.17, 15) is 18.0 Å². The summed E-state index contributed by atoms with van der Waals surface area (Å²) in [6.45, 7) is 2.45. The molecule has 1 unspecified atom stereocenters. The number of carbonyl (C=O) groups is 1. The van der Waals surface area contributed by atoms with Gasteiger partial charge in [0.2, 0.25) is 0 Å². The summed E-state index contributed by atoms with van der Waals surface area (Å²) in [4.78, 5) is 11.6. The van der Waals surface area contributed by atoms with E-state index < -0.39 is 17.5 Å². The number of aryl methyl sites for hydroxylation is 1. The third-order valence-electron chi connectivity index (χ3n) is 2.37. The van der Waals surface area contributed by atoms with Crippen LogP contribution in [0.2, 0.25) is 0 Å². The van der Waals surface area contributed by atoms with E-state index in [1.165, 1.54) is 12.1 Å².